The van der Waals surface area contributed by atoms with Crippen molar-refractivity contribution in [3.63, 3.8) is 0 Å². The van der Waals surface area contributed by atoms with Crippen LogP contribution in [0.5, 0.6) is 0 Å². The highest BCUT2D eigenvalue weighted by molar-refractivity contribution is 7.87. The molecule has 0 saturated carbocycles. The summed E-state index contributed by atoms with van der Waals surface area (Å²) < 4.78 is 71.6. The Morgan fingerprint density at radius 3 is 2.18 bits per heavy atom. The van der Waals surface area contributed by atoms with Crippen molar-refractivity contribution in [1.29, 1.82) is 0 Å². The van der Waals surface area contributed by atoms with Gasteiger partial charge in [-0.15, -0.1) is 0 Å². The van der Waals surface area contributed by atoms with Gasteiger partial charge < -0.3 is 9.47 Å². The van der Waals surface area contributed by atoms with Crippen LogP contribution in [0.25, 0.3) is 0 Å². The van der Waals surface area contributed by atoms with E-state index in [0.717, 1.165) is 26.4 Å². The third kappa shape index (κ3) is 4.07. The van der Waals surface area contributed by atoms with Crippen molar-refractivity contribution in [3.8, 4) is 0 Å². The van der Waals surface area contributed by atoms with Crippen molar-refractivity contribution in [1.82, 2.24) is 0 Å². The minimum absolute atomic E-state index is 0.229. The van der Waals surface area contributed by atoms with Gasteiger partial charge in [0.25, 0.3) is 0 Å². The minimum Gasteiger partial charge on any atom is -0.466 e. The molecular weight excluding hydrogens is 333 g/mol. The molecule has 1 atom stereocenters. The van der Waals surface area contributed by atoms with Gasteiger partial charge in [0.05, 0.1) is 19.8 Å². The monoisotopic (exact) mass is 344 g/mol. The van der Waals surface area contributed by atoms with E-state index >= 15 is 0 Å². The predicted octanol–water partition coefficient (Wildman–Crippen LogP) is 0.824. The van der Waals surface area contributed by atoms with Crippen molar-refractivity contribution in [2.45, 2.75) is 18.0 Å². The first kappa shape index (κ1) is 18.2. The van der Waals surface area contributed by atoms with Crippen LogP contribution >= 0.6 is 0 Å². The fourth-order valence-corrected chi connectivity index (χ4v) is 2.13. The number of ether oxygens (including phenoxy) is 2. The molecule has 0 aromatic carbocycles. The van der Waals surface area contributed by atoms with Crippen LogP contribution < -0.4 is 0 Å². The first-order valence-corrected chi connectivity index (χ1v) is 7.01. The predicted molar refractivity (Wildman–Crippen MR) is 64.7 cm³/mol. The number of esters is 2. The Hall–Kier alpha value is -1.88. The van der Waals surface area contributed by atoms with E-state index in [-0.39, 0.29) is 11.1 Å². The number of hydrogen-bond donors (Lipinski definition) is 0. The van der Waals surface area contributed by atoms with Crippen LogP contribution in [0.3, 0.4) is 0 Å². The van der Waals surface area contributed by atoms with E-state index in [0.29, 0.717) is 0 Å². The van der Waals surface area contributed by atoms with E-state index in [1.54, 1.807) is 0 Å². The first-order chi connectivity index (χ1) is 10.0. The summed E-state index contributed by atoms with van der Waals surface area (Å²) in [5.74, 6) is -1.91. The summed E-state index contributed by atoms with van der Waals surface area (Å²) in [5, 5.41) is 0. The molecule has 0 N–H and O–H groups in total. The van der Waals surface area contributed by atoms with Crippen molar-refractivity contribution < 1.29 is 44.8 Å². The van der Waals surface area contributed by atoms with Gasteiger partial charge in [-0.1, -0.05) is 0 Å². The molecule has 0 amide bonds. The largest absolute Gasteiger partial charge is 0.523 e. The number of hydrogen-bond acceptors (Lipinski definition) is 7. The summed E-state index contributed by atoms with van der Waals surface area (Å²) in [6, 6.07) is 0. The lowest BCUT2D eigenvalue weighted by Gasteiger charge is -2.20. The van der Waals surface area contributed by atoms with Crippen LogP contribution in [0.15, 0.2) is 23.3 Å². The van der Waals surface area contributed by atoms with Crippen molar-refractivity contribution >= 4 is 22.1 Å². The highest BCUT2D eigenvalue weighted by Crippen LogP contribution is 2.30. The van der Waals surface area contributed by atoms with E-state index in [4.69, 9.17) is 0 Å². The molecule has 22 heavy (non-hydrogen) atoms. The molecule has 0 radical (unpaired) electrons. The van der Waals surface area contributed by atoms with Gasteiger partial charge in [-0.25, -0.2) is 9.59 Å². The molecule has 11 heteroatoms. The number of carbonyl (C=O) groups excluding carboxylic acids is 2. The summed E-state index contributed by atoms with van der Waals surface area (Å²) in [7, 11) is -3.86. The number of halogens is 3. The maximum absolute atomic E-state index is 12.3. The highest BCUT2D eigenvalue weighted by atomic mass is 32.2. The fourth-order valence-electron chi connectivity index (χ4n) is 1.57. The molecule has 0 spiro atoms. The van der Waals surface area contributed by atoms with E-state index < -0.39 is 40.1 Å². The zero-order chi connectivity index (χ0) is 17.1. The zero-order valence-corrected chi connectivity index (χ0v) is 12.2. The Kier molecular flexibility index (Phi) is 5.35. The smallest absolute Gasteiger partial charge is 0.466 e. The van der Waals surface area contributed by atoms with E-state index in [9.17, 15) is 31.2 Å². The van der Waals surface area contributed by atoms with Gasteiger partial charge in [0.2, 0.25) is 0 Å². The number of carbonyl (C=O) groups is 2. The third-order valence-electron chi connectivity index (χ3n) is 2.52. The van der Waals surface area contributed by atoms with Crippen molar-refractivity contribution in [2.24, 2.45) is 0 Å². The second-order valence-electron chi connectivity index (χ2n) is 4.01. The minimum atomic E-state index is -5.89. The summed E-state index contributed by atoms with van der Waals surface area (Å²) in [4.78, 5) is 22.9. The molecule has 0 fully saturated rings. The molecule has 0 aliphatic heterocycles. The van der Waals surface area contributed by atoms with Gasteiger partial charge in [0, 0.05) is 12.0 Å². The zero-order valence-electron chi connectivity index (χ0n) is 11.3. The van der Waals surface area contributed by atoms with Gasteiger partial charge in [0.15, 0.2) is 0 Å². The normalized spacial score (nSPS) is 19.0. The number of alkyl halides is 3. The third-order valence-corrected chi connectivity index (χ3v) is 3.59. The maximum Gasteiger partial charge on any atom is 0.523 e. The molecular formula is C11H11F3O7S. The molecule has 0 saturated heterocycles. The lowest BCUT2D eigenvalue weighted by atomic mass is 9.97. The summed E-state index contributed by atoms with van der Waals surface area (Å²) in [6.45, 7) is 0. The van der Waals surface area contributed by atoms with E-state index in [1.807, 2.05) is 0 Å². The van der Waals surface area contributed by atoms with E-state index in [1.165, 1.54) is 0 Å². The number of rotatable bonds is 4. The standard InChI is InChI=1S/C11H11F3O7S/c1-19-9(15)6-3-7(10(16)20-2)5-8(4-6)21-22(17,18)11(12,13)14/h3-4,8H,5H2,1-2H3. The molecule has 0 aromatic heterocycles. The Morgan fingerprint density at radius 2 is 1.73 bits per heavy atom. The topological polar surface area (TPSA) is 96.0 Å². The van der Waals surface area contributed by atoms with Crippen LogP contribution in [-0.4, -0.2) is 46.2 Å². The second-order valence-corrected chi connectivity index (χ2v) is 5.58. The second kappa shape index (κ2) is 6.48. The van der Waals surface area contributed by atoms with Crippen LogP contribution in [-0.2, 0) is 33.4 Å². The Bertz CT molecular complexity index is 631. The Labute approximate surface area is 123 Å². The lowest BCUT2D eigenvalue weighted by molar-refractivity contribution is -0.136. The van der Waals surface area contributed by atoms with Crippen LogP contribution in [0.2, 0.25) is 0 Å². The summed E-state index contributed by atoms with van der Waals surface area (Å²) in [6.07, 6.45) is -0.360. The summed E-state index contributed by atoms with van der Waals surface area (Å²) in [5.41, 5.74) is -6.18. The average molecular weight is 344 g/mol. The Morgan fingerprint density at radius 1 is 1.18 bits per heavy atom. The molecule has 0 bridgehead atoms. The van der Waals surface area contributed by atoms with Gasteiger partial charge in [0.1, 0.15) is 6.10 Å². The maximum atomic E-state index is 12.3. The van der Waals surface area contributed by atoms with Gasteiger partial charge in [-0.05, 0) is 12.2 Å². The van der Waals surface area contributed by atoms with Crippen molar-refractivity contribution in [3.05, 3.63) is 23.3 Å². The molecule has 7 nitrogen and oxygen atoms in total. The molecule has 124 valence electrons. The van der Waals surface area contributed by atoms with Gasteiger partial charge in [-0.3, -0.25) is 4.18 Å². The lowest BCUT2D eigenvalue weighted by Crippen LogP contribution is -2.31. The highest BCUT2D eigenvalue weighted by Gasteiger charge is 2.48. The molecule has 0 aromatic rings. The van der Waals surface area contributed by atoms with E-state index in [2.05, 4.69) is 13.7 Å². The quantitative estimate of drug-likeness (QED) is 0.423. The van der Waals surface area contributed by atoms with Gasteiger partial charge in [-0.2, -0.15) is 21.6 Å². The first-order valence-electron chi connectivity index (χ1n) is 5.60. The van der Waals surface area contributed by atoms with Crippen LogP contribution in [0.4, 0.5) is 13.2 Å². The molecule has 0 heterocycles. The summed E-state index contributed by atoms with van der Waals surface area (Å²) >= 11 is 0. The fraction of sp³-hybridized carbons (Fsp3) is 0.455. The van der Waals surface area contributed by atoms with Gasteiger partial charge >= 0.3 is 27.6 Å². The molecule has 1 rings (SSSR count). The Balaban J connectivity index is 3.13. The molecule has 1 unspecified atom stereocenters. The van der Waals surface area contributed by atoms with Crippen molar-refractivity contribution in [2.75, 3.05) is 14.2 Å². The molecule has 1 aliphatic rings. The SMILES string of the molecule is COC(=O)C1=CC(OS(=O)(=O)C(F)(F)F)CC(C(=O)OC)=C1. The van der Waals surface area contributed by atoms with Crippen LogP contribution in [0, 0.1) is 0 Å². The molecule has 1 aliphatic carbocycles. The number of methoxy groups -OCH3 is 2. The van der Waals surface area contributed by atoms with Crippen LogP contribution in [0.1, 0.15) is 6.42 Å². The average Bonchev–Trinajstić information content (AvgIpc) is 2.43.